The van der Waals surface area contributed by atoms with Gasteiger partial charge in [0.1, 0.15) is 22.4 Å². The molecular weight excluding hydrogens is 270 g/mol. The number of aromatic nitrogens is 2. The normalized spacial score (nSPS) is 11.1. The molecule has 2 aromatic rings. The molecule has 0 unspecified atom stereocenters. The van der Waals surface area contributed by atoms with Gasteiger partial charge >= 0.3 is 0 Å². The molecule has 0 aromatic carbocycles. The van der Waals surface area contributed by atoms with Gasteiger partial charge in [-0.3, -0.25) is 0 Å². The van der Waals surface area contributed by atoms with Gasteiger partial charge in [0.05, 0.1) is 12.0 Å². The molecule has 0 radical (unpaired) electrons. The van der Waals surface area contributed by atoms with Crippen LogP contribution in [0.5, 0.6) is 0 Å². The fourth-order valence-electron chi connectivity index (χ4n) is 1.79. The Morgan fingerprint density at radius 2 is 2.15 bits per heavy atom. The molecule has 0 saturated carbocycles. The highest BCUT2D eigenvalue weighted by Gasteiger charge is 2.13. The zero-order chi connectivity index (χ0) is 14.5. The second-order valence-electron chi connectivity index (χ2n) is 4.91. The topological polar surface area (TPSA) is 51.0 Å². The van der Waals surface area contributed by atoms with Crippen molar-refractivity contribution in [1.82, 2.24) is 9.97 Å². The third-order valence-corrected chi connectivity index (χ3v) is 4.01. The smallest absolute Gasteiger partial charge is 0.134 e. The number of nitrogens with zero attached hydrogens (tertiary/aromatic N) is 2. The van der Waals surface area contributed by atoms with Crippen molar-refractivity contribution in [2.45, 2.75) is 44.4 Å². The maximum absolute atomic E-state index is 5.37. The summed E-state index contributed by atoms with van der Waals surface area (Å²) in [6.07, 6.45) is 1.70. The second kappa shape index (κ2) is 6.79. The van der Waals surface area contributed by atoms with Gasteiger partial charge in [0.15, 0.2) is 0 Å². The minimum absolute atomic E-state index is 0.316. The first-order valence-electron chi connectivity index (χ1n) is 6.89. The van der Waals surface area contributed by atoms with E-state index >= 15 is 0 Å². The van der Waals surface area contributed by atoms with E-state index in [0.717, 1.165) is 40.3 Å². The predicted octanol–water partition coefficient (Wildman–Crippen LogP) is 4.23. The molecule has 0 fully saturated rings. The van der Waals surface area contributed by atoms with Gasteiger partial charge < -0.3 is 9.73 Å². The van der Waals surface area contributed by atoms with Crippen molar-refractivity contribution in [3.8, 4) is 0 Å². The summed E-state index contributed by atoms with van der Waals surface area (Å²) in [6.45, 7) is 9.22. The van der Waals surface area contributed by atoms with E-state index in [1.165, 1.54) is 0 Å². The molecule has 2 aromatic heterocycles. The first-order valence-corrected chi connectivity index (χ1v) is 7.88. The maximum Gasteiger partial charge on any atom is 0.134 e. The maximum atomic E-state index is 5.37. The van der Waals surface area contributed by atoms with Gasteiger partial charge in [-0.15, -0.1) is 0 Å². The Bertz CT molecular complexity index is 552. The molecule has 0 saturated heterocycles. The Morgan fingerprint density at radius 1 is 1.35 bits per heavy atom. The van der Waals surface area contributed by atoms with Crippen LogP contribution >= 0.6 is 11.8 Å². The van der Waals surface area contributed by atoms with E-state index < -0.39 is 0 Å². The van der Waals surface area contributed by atoms with Crippen LogP contribution in [-0.4, -0.2) is 16.5 Å². The van der Waals surface area contributed by atoms with Crippen molar-refractivity contribution >= 4 is 17.6 Å². The molecule has 4 nitrogen and oxygen atoms in total. The summed E-state index contributed by atoms with van der Waals surface area (Å²) in [5.74, 6) is 3.88. The van der Waals surface area contributed by atoms with Crippen LogP contribution < -0.4 is 5.32 Å². The summed E-state index contributed by atoms with van der Waals surface area (Å²) in [6, 6.07) is 3.89. The lowest BCUT2D eigenvalue weighted by molar-refractivity contribution is 0.530. The Morgan fingerprint density at radius 3 is 2.75 bits per heavy atom. The van der Waals surface area contributed by atoms with E-state index in [4.69, 9.17) is 4.42 Å². The first kappa shape index (κ1) is 14.9. The lowest BCUT2D eigenvalue weighted by Gasteiger charge is -2.14. The number of thioether (sulfide) groups is 1. The van der Waals surface area contributed by atoms with Gasteiger partial charge in [-0.05, 0) is 26.0 Å². The number of hydrogen-bond acceptors (Lipinski definition) is 5. The van der Waals surface area contributed by atoms with Crippen LogP contribution in [0.4, 0.5) is 5.82 Å². The number of rotatable bonds is 6. The highest BCUT2D eigenvalue weighted by atomic mass is 32.2. The molecule has 20 heavy (non-hydrogen) atoms. The SMILES string of the molecule is CCNc1nc(C(C)C)nc(SCc2ccco2)c1C. The van der Waals surface area contributed by atoms with Gasteiger partial charge in [0.25, 0.3) is 0 Å². The third-order valence-electron chi connectivity index (χ3n) is 2.91. The Hall–Kier alpha value is -1.49. The molecule has 2 heterocycles. The van der Waals surface area contributed by atoms with E-state index in [-0.39, 0.29) is 0 Å². The summed E-state index contributed by atoms with van der Waals surface area (Å²) in [7, 11) is 0. The summed E-state index contributed by atoms with van der Waals surface area (Å²) in [4.78, 5) is 9.29. The fourth-order valence-corrected chi connectivity index (χ4v) is 2.70. The molecule has 0 bridgehead atoms. The van der Waals surface area contributed by atoms with E-state index in [1.54, 1.807) is 18.0 Å². The van der Waals surface area contributed by atoms with Crippen LogP contribution in [0.15, 0.2) is 27.8 Å². The lowest BCUT2D eigenvalue weighted by Crippen LogP contribution is -2.08. The van der Waals surface area contributed by atoms with Crippen LogP contribution in [0.2, 0.25) is 0 Å². The highest BCUT2D eigenvalue weighted by Crippen LogP contribution is 2.29. The molecular formula is C15H21N3OS. The minimum atomic E-state index is 0.316. The van der Waals surface area contributed by atoms with E-state index in [0.29, 0.717) is 5.92 Å². The molecule has 0 aliphatic carbocycles. The van der Waals surface area contributed by atoms with Gasteiger partial charge in [-0.1, -0.05) is 25.6 Å². The number of anilines is 1. The van der Waals surface area contributed by atoms with Crippen molar-refractivity contribution in [2.75, 3.05) is 11.9 Å². The summed E-state index contributed by atoms with van der Waals surface area (Å²) < 4.78 is 5.37. The van der Waals surface area contributed by atoms with Gasteiger partial charge in [0.2, 0.25) is 0 Å². The molecule has 0 atom stereocenters. The average molecular weight is 291 g/mol. The predicted molar refractivity (Wildman–Crippen MR) is 83.3 cm³/mol. The molecule has 0 aliphatic heterocycles. The monoisotopic (exact) mass is 291 g/mol. The zero-order valence-corrected chi connectivity index (χ0v) is 13.3. The van der Waals surface area contributed by atoms with Crippen molar-refractivity contribution in [2.24, 2.45) is 0 Å². The van der Waals surface area contributed by atoms with Crippen molar-refractivity contribution in [1.29, 1.82) is 0 Å². The van der Waals surface area contributed by atoms with Crippen LogP contribution in [0.25, 0.3) is 0 Å². The number of hydrogen-bond donors (Lipinski definition) is 1. The van der Waals surface area contributed by atoms with Gasteiger partial charge in [-0.25, -0.2) is 9.97 Å². The molecule has 0 amide bonds. The van der Waals surface area contributed by atoms with Gasteiger partial charge in [0, 0.05) is 18.0 Å². The molecule has 1 N–H and O–H groups in total. The standard InChI is InChI=1S/C15H21N3OS/c1-5-16-14-11(4)15(18-13(17-14)10(2)3)20-9-12-7-6-8-19-12/h6-8,10H,5,9H2,1-4H3,(H,16,17,18). The molecule has 2 rings (SSSR count). The van der Waals surface area contributed by atoms with Crippen LogP contribution in [0.1, 0.15) is 43.8 Å². The van der Waals surface area contributed by atoms with E-state index in [9.17, 15) is 0 Å². The highest BCUT2D eigenvalue weighted by molar-refractivity contribution is 7.98. The molecule has 5 heteroatoms. The Kier molecular flexibility index (Phi) is 5.06. The Labute approximate surface area is 124 Å². The zero-order valence-electron chi connectivity index (χ0n) is 12.4. The summed E-state index contributed by atoms with van der Waals surface area (Å²) in [5.41, 5.74) is 1.10. The Balaban J connectivity index is 2.25. The molecule has 0 aliphatic rings. The number of furan rings is 1. The fraction of sp³-hybridized carbons (Fsp3) is 0.467. The lowest BCUT2D eigenvalue weighted by atomic mass is 10.2. The minimum Gasteiger partial charge on any atom is -0.468 e. The van der Waals surface area contributed by atoms with E-state index in [2.05, 4.69) is 43.0 Å². The van der Waals surface area contributed by atoms with Crippen molar-refractivity contribution in [3.05, 3.63) is 35.5 Å². The molecule has 0 spiro atoms. The van der Waals surface area contributed by atoms with Crippen LogP contribution in [0.3, 0.4) is 0 Å². The quantitative estimate of drug-likeness (QED) is 0.637. The summed E-state index contributed by atoms with van der Waals surface area (Å²) >= 11 is 1.69. The number of nitrogens with one attached hydrogen (secondary N) is 1. The summed E-state index contributed by atoms with van der Waals surface area (Å²) in [5, 5.41) is 4.34. The van der Waals surface area contributed by atoms with Crippen molar-refractivity contribution < 1.29 is 4.42 Å². The largest absolute Gasteiger partial charge is 0.468 e. The average Bonchev–Trinajstić information content (AvgIpc) is 2.92. The van der Waals surface area contributed by atoms with Gasteiger partial charge in [-0.2, -0.15) is 0 Å². The van der Waals surface area contributed by atoms with Crippen molar-refractivity contribution in [3.63, 3.8) is 0 Å². The van der Waals surface area contributed by atoms with Crippen LogP contribution in [-0.2, 0) is 5.75 Å². The van der Waals surface area contributed by atoms with E-state index in [1.807, 2.05) is 12.1 Å². The second-order valence-corrected chi connectivity index (χ2v) is 5.88. The first-order chi connectivity index (χ1) is 9.61. The molecule has 108 valence electrons. The van der Waals surface area contributed by atoms with Crippen LogP contribution in [0, 0.1) is 6.92 Å². The third kappa shape index (κ3) is 3.54.